The number of hydrogen-bond donors (Lipinski definition) is 2. The first-order chi connectivity index (χ1) is 11.9. The van der Waals surface area contributed by atoms with Crippen LogP contribution in [0.3, 0.4) is 0 Å². The number of amides is 1. The molecule has 1 unspecified atom stereocenters. The molecule has 1 atom stereocenters. The van der Waals surface area contributed by atoms with Gasteiger partial charge in [0, 0.05) is 5.56 Å². The summed E-state index contributed by atoms with van der Waals surface area (Å²) in [6, 6.07) is 4.20. The number of carboxylic acids is 1. The van der Waals surface area contributed by atoms with Crippen LogP contribution in [0.5, 0.6) is 11.5 Å². The summed E-state index contributed by atoms with van der Waals surface area (Å²) in [6.45, 7) is 1.36. The van der Waals surface area contributed by atoms with E-state index in [1.807, 2.05) is 5.32 Å². The smallest absolute Gasteiger partial charge is 0.344 e. The van der Waals surface area contributed by atoms with Crippen LogP contribution in [0, 0.1) is 0 Å². The largest absolute Gasteiger partial charge is 0.493 e. The van der Waals surface area contributed by atoms with E-state index in [0.717, 1.165) is 0 Å². The van der Waals surface area contributed by atoms with Crippen LogP contribution in [-0.2, 0) is 19.1 Å². The van der Waals surface area contributed by atoms with Gasteiger partial charge in [-0.05, 0) is 25.1 Å². The molecule has 0 aliphatic heterocycles. The van der Waals surface area contributed by atoms with Crippen LogP contribution in [-0.4, -0.2) is 55.6 Å². The summed E-state index contributed by atoms with van der Waals surface area (Å²) in [5.74, 6) is -3.00. The van der Waals surface area contributed by atoms with Crippen molar-refractivity contribution in [2.24, 2.45) is 0 Å². The lowest BCUT2D eigenvalue weighted by atomic mass is 9.90. The number of carbonyl (C=O) groups excluding carboxylic acids is 3. The molecule has 1 aromatic rings. The Morgan fingerprint density at radius 2 is 1.84 bits per heavy atom. The number of carbonyl (C=O) groups is 4. The molecule has 0 radical (unpaired) electrons. The minimum atomic E-state index is -2.51. The van der Waals surface area contributed by atoms with Crippen LogP contribution < -0.4 is 14.8 Å². The van der Waals surface area contributed by atoms with Gasteiger partial charge in [-0.1, -0.05) is 0 Å². The maximum absolute atomic E-state index is 12.5. The monoisotopic (exact) mass is 353 g/mol. The van der Waals surface area contributed by atoms with Crippen LogP contribution in [0.2, 0.25) is 0 Å². The lowest BCUT2D eigenvalue weighted by Crippen LogP contribution is -2.59. The van der Waals surface area contributed by atoms with Gasteiger partial charge in [-0.15, -0.1) is 0 Å². The highest BCUT2D eigenvalue weighted by Gasteiger charge is 2.49. The first-order valence-electron chi connectivity index (χ1n) is 7.23. The first-order valence-corrected chi connectivity index (χ1v) is 7.23. The molecule has 0 aliphatic carbocycles. The van der Waals surface area contributed by atoms with Gasteiger partial charge in [-0.25, -0.2) is 9.59 Å². The summed E-state index contributed by atoms with van der Waals surface area (Å²) < 4.78 is 14.8. The standard InChI is InChI=1S/C16H19NO8/c1-4-25-15(22)16(14(20)21,17-9-18)8-11(19)10-5-6-12(23-2)13(7-10)24-3/h5-7,9H,4,8H2,1-3H3,(H,17,18)(H,20,21). The highest BCUT2D eigenvalue weighted by molar-refractivity contribution is 6.11. The molecule has 1 amide bonds. The van der Waals surface area contributed by atoms with Gasteiger partial charge in [0.2, 0.25) is 11.9 Å². The Hall–Kier alpha value is -3.10. The number of aliphatic carboxylic acids is 1. The van der Waals surface area contributed by atoms with Crippen molar-refractivity contribution in [2.75, 3.05) is 20.8 Å². The quantitative estimate of drug-likeness (QED) is 0.268. The molecule has 0 spiro atoms. The zero-order chi connectivity index (χ0) is 19.0. The molecule has 1 aromatic carbocycles. The minimum Gasteiger partial charge on any atom is -0.493 e. The number of carboxylic acid groups (broad SMARTS) is 1. The second-order valence-corrected chi connectivity index (χ2v) is 4.86. The fourth-order valence-electron chi connectivity index (χ4n) is 2.11. The van der Waals surface area contributed by atoms with Crippen molar-refractivity contribution in [1.82, 2.24) is 5.32 Å². The molecule has 9 nitrogen and oxygen atoms in total. The highest BCUT2D eigenvalue weighted by atomic mass is 16.5. The van der Waals surface area contributed by atoms with Crippen LogP contribution >= 0.6 is 0 Å². The summed E-state index contributed by atoms with van der Waals surface area (Å²) in [7, 11) is 2.80. The predicted molar refractivity (Wildman–Crippen MR) is 84.7 cm³/mol. The molecule has 2 N–H and O–H groups in total. The summed E-state index contributed by atoms with van der Waals surface area (Å²) in [4.78, 5) is 47.0. The molecule has 0 fully saturated rings. The second-order valence-electron chi connectivity index (χ2n) is 4.86. The average molecular weight is 353 g/mol. The lowest BCUT2D eigenvalue weighted by molar-refractivity contribution is -0.163. The summed E-state index contributed by atoms with van der Waals surface area (Å²) in [6.07, 6.45) is -0.789. The van der Waals surface area contributed by atoms with E-state index in [2.05, 4.69) is 0 Å². The van der Waals surface area contributed by atoms with E-state index in [0.29, 0.717) is 5.75 Å². The maximum atomic E-state index is 12.5. The normalized spacial score (nSPS) is 12.4. The van der Waals surface area contributed by atoms with Crippen molar-refractivity contribution in [3.63, 3.8) is 0 Å². The zero-order valence-electron chi connectivity index (χ0n) is 14.0. The Balaban J connectivity index is 3.23. The number of esters is 1. The van der Waals surface area contributed by atoms with Gasteiger partial charge in [0.25, 0.3) is 0 Å². The molecular formula is C16H19NO8. The van der Waals surface area contributed by atoms with E-state index in [1.165, 1.54) is 39.3 Å². The number of ether oxygens (including phenoxy) is 3. The predicted octanol–water partition coefficient (Wildman–Crippen LogP) is 0.409. The van der Waals surface area contributed by atoms with Crippen LogP contribution in [0.1, 0.15) is 23.7 Å². The van der Waals surface area contributed by atoms with E-state index < -0.39 is 29.7 Å². The molecule has 0 heterocycles. The third-order valence-electron chi connectivity index (χ3n) is 3.43. The first kappa shape index (κ1) is 19.9. The molecule has 136 valence electrons. The fourth-order valence-corrected chi connectivity index (χ4v) is 2.11. The van der Waals surface area contributed by atoms with Crippen molar-refractivity contribution < 1.29 is 38.5 Å². The zero-order valence-corrected chi connectivity index (χ0v) is 14.0. The molecule has 0 bridgehead atoms. The molecule has 1 rings (SSSR count). The van der Waals surface area contributed by atoms with Gasteiger partial charge < -0.3 is 24.6 Å². The SMILES string of the molecule is CCOC(=O)C(CC(=O)c1ccc(OC)c(OC)c1)(NC=O)C(=O)O. The Kier molecular flexibility index (Phi) is 6.92. The van der Waals surface area contributed by atoms with E-state index in [4.69, 9.17) is 14.2 Å². The van der Waals surface area contributed by atoms with Gasteiger partial charge >= 0.3 is 11.9 Å². The van der Waals surface area contributed by atoms with Gasteiger partial charge in [0.05, 0.1) is 27.2 Å². The average Bonchev–Trinajstić information content (AvgIpc) is 2.60. The summed E-state index contributed by atoms with van der Waals surface area (Å²) in [5, 5.41) is 11.3. The number of benzene rings is 1. The number of rotatable bonds is 10. The van der Waals surface area contributed by atoms with Crippen molar-refractivity contribution >= 4 is 24.1 Å². The molecule has 9 heteroatoms. The maximum Gasteiger partial charge on any atom is 0.344 e. The Bertz CT molecular complexity index is 672. The van der Waals surface area contributed by atoms with Gasteiger partial charge in [-0.2, -0.15) is 0 Å². The van der Waals surface area contributed by atoms with Gasteiger partial charge in [0.15, 0.2) is 17.3 Å². The van der Waals surface area contributed by atoms with E-state index in [9.17, 15) is 24.3 Å². The van der Waals surface area contributed by atoms with Crippen LogP contribution in [0.15, 0.2) is 18.2 Å². The van der Waals surface area contributed by atoms with Gasteiger partial charge in [0.1, 0.15) is 0 Å². The number of ketones is 1. The fraction of sp³-hybridized carbons (Fsp3) is 0.375. The third kappa shape index (κ3) is 4.25. The lowest BCUT2D eigenvalue weighted by Gasteiger charge is -2.25. The summed E-state index contributed by atoms with van der Waals surface area (Å²) >= 11 is 0. The van der Waals surface area contributed by atoms with E-state index >= 15 is 0 Å². The Morgan fingerprint density at radius 3 is 2.32 bits per heavy atom. The van der Waals surface area contributed by atoms with Crippen LogP contribution in [0.25, 0.3) is 0 Å². The van der Waals surface area contributed by atoms with Crippen molar-refractivity contribution in [2.45, 2.75) is 18.9 Å². The highest BCUT2D eigenvalue weighted by Crippen LogP contribution is 2.29. The Morgan fingerprint density at radius 1 is 1.20 bits per heavy atom. The van der Waals surface area contributed by atoms with Crippen molar-refractivity contribution in [3.8, 4) is 11.5 Å². The number of nitrogens with one attached hydrogen (secondary N) is 1. The Labute approximate surface area is 143 Å². The van der Waals surface area contributed by atoms with E-state index in [1.54, 1.807) is 0 Å². The number of Topliss-reactive ketones (excluding diaryl/α,β-unsaturated/α-hetero) is 1. The van der Waals surface area contributed by atoms with Crippen LogP contribution in [0.4, 0.5) is 0 Å². The molecule has 0 aromatic heterocycles. The molecule has 0 saturated carbocycles. The number of hydrogen-bond acceptors (Lipinski definition) is 7. The molecule has 0 aliphatic rings. The molecule has 25 heavy (non-hydrogen) atoms. The minimum absolute atomic E-state index is 0.0346. The second kappa shape index (κ2) is 8.67. The van der Waals surface area contributed by atoms with Crippen molar-refractivity contribution in [3.05, 3.63) is 23.8 Å². The molecule has 0 saturated heterocycles. The summed E-state index contributed by atoms with van der Waals surface area (Å²) in [5.41, 5.74) is -2.43. The van der Waals surface area contributed by atoms with Gasteiger partial charge in [-0.3, -0.25) is 9.59 Å². The molecular weight excluding hydrogens is 334 g/mol. The number of methoxy groups -OCH3 is 2. The third-order valence-corrected chi connectivity index (χ3v) is 3.43. The van der Waals surface area contributed by atoms with E-state index in [-0.39, 0.29) is 24.3 Å². The van der Waals surface area contributed by atoms with Crippen molar-refractivity contribution in [1.29, 1.82) is 0 Å². The topological polar surface area (TPSA) is 128 Å².